The molecule has 1 aromatic carbocycles. The Morgan fingerprint density at radius 3 is 0.875 bits per heavy atom. The first-order chi connectivity index (χ1) is 7.62. The van der Waals surface area contributed by atoms with Crippen LogP contribution in [-0.4, -0.2) is 0 Å². The Bertz CT molecular complexity index is 606. The summed E-state index contributed by atoms with van der Waals surface area (Å²) in [5.74, 6) is 0. The molecule has 16 heavy (non-hydrogen) atoms. The maximum atomic E-state index is 8.88. The molecule has 0 radical (unpaired) electrons. The molecule has 0 aliphatic rings. The second kappa shape index (κ2) is 3.97. The van der Waals surface area contributed by atoms with E-state index in [1.165, 1.54) is 0 Å². The van der Waals surface area contributed by atoms with Gasteiger partial charge in [0.1, 0.15) is 24.3 Å². The molecular formula is C12H4N4. The molecule has 0 saturated heterocycles. The Kier molecular flexibility index (Phi) is 2.73. The van der Waals surface area contributed by atoms with Crippen LogP contribution in [0.2, 0.25) is 0 Å². The van der Waals surface area contributed by atoms with Crippen LogP contribution in [0.4, 0.5) is 0 Å². The van der Waals surface area contributed by atoms with Crippen molar-refractivity contribution < 1.29 is 0 Å². The summed E-state index contributed by atoms with van der Waals surface area (Å²) < 4.78 is 0. The largest absolute Gasteiger partial charge is 0.192 e. The van der Waals surface area contributed by atoms with Gasteiger partial charge in [0, 0.05) is 10.4 Å². The third kappa shape index (κ3) is 1.28. The highest BCUT2D eigenvalue weighted by molar-refractivity contribution is 5.60. The zero-order valence-electron chi connectivity index (χ0n) is 8.20. The standard InChI is InChI=1S/C12H4N4/c1-7-9(3-13)11(5-15)8(2)12(6-16)10(7)4-14/h1-2H2. The lowest BCUT2D eigenvalue weighted by Gasteiger charge is -2.01. The molecule has 4 nitrogen and oxygen atoms in total. The van der Waals surface area contributed by atoms with Gasteiger partial charge in [0.05, 0.1) is 22.3 Å². The van der Waals surface area contributed by atoms with Crippen LogP contribution in [-0.2, 0) is 0 Å². The minimum atomic E-state index is 0.00282. The van der Waals surface area contributed by atoms with Crippen molar-refractivity contribution in [2.75, 3.05) is 0 Å². The Hall–Kier alpha value is -3.08. The van der Waals surface area contributed by atoms with E-state index in [0.717, 1.165) is 0 Å². The van der Waals surface area contributed by atoms with E-state index in [1.54, 1.807) is 24.3 Å². The van der Waals surface area contributed by atoms with Crippen molar-refractivity contribution >= 4 is 13.2 Å². The molecule has 72 valence electrons. The van der Waals surface area contributed by atoms with Crippen molar-refractivity contribution in [3.05, 3.63) is 32.7 Å². The lowest BCUT2D eigenvalue weighted by atomic mass is 9.95. The van der Waals surface area contributed by atoms with Crippen LogP contribution in [0.15, 0.2) is 0 Å². The quantitative estimate of drug-likeness (QED) is 0.593. The van der Waals surface area contributed by atoms with Crippen molar-refractivity contribution in [3.63, 3.8) is 0 Å². The third-order valence-corrected chi connectivity index (χ3v) is 2.15. The van der Waals surface area contributed by atoms with Gasteiger partial charge < -0.3 is 0 Å². The lowest BCUT2D eigenvalue weighted by molar-refractivity contribution is 1.32. The van der Waals surface area contributed by atoms with E-state index in [0.29, 0.717) is 0 Å². The monoisotopic (exact) mass is 204 g/mol. The van der Waals surface area contributed by atoms with Crippen LogP contribution >= 0.6 is 0 Å². The Morgan fingerprint density at radius 2 is 0.750 bits per heavy atom. The summed E-state index contributed by atoms with van der Waals surface area (Å²) >= 11 is 0. The summed E-state index contributed by atoms with van der Waals surface area (Å²) in [5.41, 5.74) is 0.0113. The van der Waals surface area contributed by atoms with Gasteiger partial charge in [0.15, 0.2) is 0 Å². The summed E-state index contributed by atoms with van der Waals surface area (Å²) in [7, 11) is 0. The summed E-state index contributed by atoms with van der Waals surface area (Å²) in [4.78, 5) is 0. The SMILES string of the molecule is C=c1c(C#N)c(C#N)c(=C)c(C#N)c1C#N. The van der Waals surface area contributed by atoms with Gasteiger partial charge in [-0.05, 0) is 0 Å². The van der Waals surface area contributed by atoms with Crippen LogP contribution in [0.25, 0.3) is 13.2 Å². The molecule has 0 amide bonds. The first-order valence-corrected chi connectivity index (χ1v) is 4.10. The molecule has 0 aliphatic heterocycles. The maximum Gasteiger partial charge on any atom is 0.101 e. The van der Waals surface area contributed by atoms with E-state index in [4.69, 9.17) is 21.0 Å². The lowest BCUT2D eigenvalue weighted by Crippen LogP contribution is -2.24. The van der Waals surface area contributed by atoms with Crippen molar-refractivity contribution in [1.29, 1.82) is 21.0 Å². The van der Waals surface area contributed by atoms with Gasteiger partial charge in [-0.3, -0.25) is 0 Å². The highest BCUT2D eigenvalue weighted by Gasteiger charge is 2.14. The zero-order valence-corrected chi connectivity index (χ0v) is 8.20. The van der Waals surface area contributed by atoms with Gasteiger partial charge in [0.2, 0.25) is 0 Å². The van der Waals surface area contributed by atoms with E-state index in [-0.39, 0.29) is 32.7 Å². The minimum absolute atomic E-state index is 0.00282. The van der Waals surface area contributed by atoms with E-state index in [2.05, 4.69) is 13.2 Å². The van der Waals surface area contributed by atoms with E-state index in [1.807, 2.05) is 0 Å². The summed E-state index contributed by atoms with van der Waals surface area (Å²) in [6.45, 7) is 7.09. The molecular weight excluding hydrogens is 200 g/mol. The number of nitriles is 4. The van der Waals surface area contributed by atoms with E-state index in [9.17, 15) is 0 Å². The molecule has 1 aromatic rings. The minimum Gasteiger partial charge on any atom is -0.192 e. The normalized spacial score (nSPS) is 8.25. The van der Waals surface area contributed by atoms with Gasteiger partial charge >= 0.3 is 0 Å². The van der Waals surface area contributed by atoms with Gasteiger partial charge in [0.25, 0.3) is 0 Å². The summed E-state index contributed by atoms with van der Waals surface area (Å²) in [5, 5.41) is 35.7. The zero-order chi connectivity index (χ0) is 12.3. The number of benzene rings is 1. The van der Waals surface area contributed by atoms with Crippen molar-refractivity contribution in [1.82, 2.24) is 0 Å². The number of hydrogen-bond donors (Lipinski definition) is 0. The van der Waals surface area contributed by atoms with Crippen LogP contribution in [0.3, 0.4) is 0 Å². The average Bonchev–Trinajstić information content (AvgIpc) is 2.30. The first kappa shape index (κ1) is 11.0. The predicted octanol–water partition coefficient (Wildman–Crippen LogP) is -0.00608. The smallest absolute Gasteiger partial charge is 0.101 e. The highest BCUT2D eigenvalue weighted by atomic mass is 14.3. The molecule has 1 rings (SSSR count). The van der Waals surface area contributed by atoms with Gasteiger partial charge in [-0.25, -0.2) is 0 Å². The Morgan fingerprint density at radius 1 is 0.562 bits per heavy atom. The highest BCUT2D eigenvalue weighted by Crippen LogP contribution is 2.02. The van der Waals surface area contributed by atoms with Gasteiger partial charge in [-0.2, -0.15) is 21.0 Å². The van der Waals surface area contributed by atoms with Crippen molar-refractivity contribution in [3.8, 4) is 24.3 Å². The molecule has 4 heteroatoms. The molecule has 0 unspecified atom stereocenters. The maximum absolute atomic E-state index is 8.88. The van der Waals surface area contributed by atoms with Crippen molar-refractivity contribution in [2.45, 2.75) is 0 Å². The van der Waals surface area contributed by atoms with Crippen LogP contribution in [0.5, 0.6) is 0 Å². The summed E-state index contributed by atoms with van der Waals surface area (Å²) in [6.07, 6.45) is 0. The average molecular weight is 204 g/mol. The molecule has 0 saturated carbocycles. The molecule has 0 aromatic heterocycles. The number of hydrogen-bond acceptors (Lipinski definition) is 4. The molecule has 0 bridgehead atoms. The molecule has 0 heterocycles. The fourth-order valence-corrected chi connectivity index (χ4v) is 1.35. The topological polar surface area (TPSA) is 95.2 Å². The van der Waals surface area contributed by atoms with Crippen LogP contribution < -0.4 is 10.4 Å². The fraction of sp³-hybridized carbons (Fsp3) is 0. The third-order valence-electron chi connectivity index (χ3n) is 2.15. The second-order valence-corrected chi connectivity index (χ2v) is 2.90. The van der Waals surface area contributed by atoms with Crippen molar-refractivity contribution in [2.24, 2.45) is 0 Å². The molecule has 0 spiro atoms. The fourth-order valence-electron chi connectivity index (χ4n) is 1.35. The number of rotatable bonds is 0. The van der Waals surface area contributed by atoms with Crippen LogP contribution in [0.1, 0.15) is 22.3 Å². The molecule has 0 fully saturated rings. The Balaban J connectivity index is 4.16. The molecule has 0 atom stereocenters. The second-order valence-electron chi connectivity index (χ2n) is 2.90. The Labute approximate surface area is 91.8 Å². The number of nitrogens with zero attached hydrogens (tertiary/aromatic N) is 4. The van der Waals surface area contributed by atoms with Gasteiger partial charge in [-0.1, -0.05) is 13.2 Å². The summed E-state index contributed by atoms with van der Waals surface area (Å²) in [6, 6.07) is 7.18. The first-order valence-electron chi connectivity index (χ1n) is 4.10. The van der Waals surface area contributed by atoms with E-state index < -0.39 is 0 Å². The van der Waals surface area contributed by atoms with E-state index >= 15 is 0 Å². The van der Waals surface area contributed by atoms with Crippen LogP contribution in [0, 0.1) is 45.3 Å². The molecule has 0 aliphatic carbocycles. The predicted molar refractivity (Wildman–Crippen MR) is 55.6 cm³/mol. The van der Waals surface area contributed by atoms with Gasteiger partial charge in [-0.15, -0.1) is 0 Å². The molecule has 0 N–H and O–H groups in total.